The molecule has 20 heavy (non-hydrogen) atoms. The molecule has 0 radical (unpaired) electrons. The van der Waals surface area contributed by atoms with Gasteiger partial charge in [0.2, 0.25) is 0 Å². The van der Waals surface area contributed by atoms with E-state index >= 15 is 0 Å². The molecule has 1 aromatic heterocycles. The molecular weight excluding hydrogens is 276 g/mol. The second-order valence-corrected chi connectivity index (χ2v) is 4.92. The highest BCUT2D eigenvalue weighted by atomic mass is 32.2. The molecule has 0 aliphatic heterocycles. The average Bonchev–Trinajstić information content (AvgIpc) is 2.84. The van der Waals surface area contributed by atoms with Gasteiger partial charge in [-0.3, -0.25) is 4.57 Å². The van der Waals surface area contributed by atoms with Crippen molar-refractivity contribution in [2.45, 2.75) is 18.6 Å². The maximum absolute atomic E-state index is 11.4. The molecule has 0 saturated carbocycles. The van der Waals surface area contributed by atoms with E-state index in [0.29, 0.717) is 35.4 Å². The Hall–Kier alpha value is -2.20. The lowest BCUT2D eigenvalue weighted by Crippen LogP contribution is -2.16. The predicted octanol–water partition coefficient (Wildman–Crippen LogP) is 1.63. The number of para-hydroxylation sites is 1. The van der Waals surface area contributed by atoms with Gasteiger partial charge in [0, 0.05) is 12.3 Å². The minimum Gasteiger partial charge on any atom is -0.491 e. The normalized spacial score (nSPS) is 10.2. The number of nitrogens with one attached hydrogen (secondary N) is 1. The number of nitrogens with zero attached hydrogens (tertiary/aromatic N) is 3. The average molecular weight is 290 g/mol. The van der Waals surface area contributed by atoms with Crippen LogP contribution in [0.15, 0.2) is 34.2 Å². The SMILES string of the molecule is CCn1c(SCCOc2ccccc2C#N)n[nH]c1=O. The summed E-state index contributed by atoms with van der Waals surface area (Å²) in [6.07, 6.45) is 0. The summed E-state index contributed by atoms with van der Waals surface area (Å²) in [7, 11) is 0. The zero-order chi connectivity index (χ0) is 14.4. The van der Waals surface area contributed by atoms with Crippen molar-refractivity contribution in [2.24, 2.45) is 0 Å². The molecule has 104 valence electrons. The van der Waals surface area contributed by atoms with Crippen LogP contribution in [0.2, 0.25) is 0 Å². The zero-order valence-electron chi connectivity index (χ0n) is 11.0. The van der Waals surface area contributed by atoms with Crippen molar-refractivity contribution in [1.82, 2.24) is 14.8 Å². The lowest BCUT2D eigenvalue weighted by atomic mass is 10.2. The maximum Gasteiger partial charge on any atom is 0.343 e. The van der Waals surface area contributed by atoms with E-state index in [2.05, 4.69) is 16.3 Å². The third-order valence-electron chi connectivity index (χ3n) is 2.62. The van der Waals surface area contributed by atoms with Gasteiger partial charge in [-0.1, -0.05) is 23.9 Å². The van der Waals surface area contributed by atoms with Gasteiger partial charge in [0.15, 0.2) is 5.16 Å². The van der Waals surface area contributed by atoms with Gasteiger partial charge in [-0.25, -0.2) is 9.89 Å². The summed E-state index contributed by atoms with van der Waals surface area (Å²) in [6, 6.07) is 9.18. The fourth-order valence-corrected chi connectivity index (χ4v) is 2.49. The van der Waals surface area contributed by atoms with E-state index in [-0.39, 0.29) is 5.69 Å². The Labute approximate surface area is 120 Å². The van der Waals surface area contributed by atoms with E-state index in [1.54, 1.807) is 22.8 Å². The number of hydrogen-bond acceptors (Lipinski definition) is 5. The van der Waals surface area contributed by atoms with Gasteiger partial charge in [0.1, 0.15) is 11.8 Å². The van der Waals surface area contributed by atoms with Crippen molar-refractivity contribution in [3.05, 3.63) is 40.3 Å². The molecular formula is C13H14N4O2S. The number of hydrogen-bond donors (Lipinski definition) is 1. The number of rotatable bonds is 6. The fourth-order valence-electron chi connectivity index (χ4n) is 1.66. The number of thioether (sulfide) groups is 1. The van der Waals surface area contributed by atoms with E-state index < -0.39 is 0 Å². The molecule has 0 unspecified atom stereocenters. The Morgan fingerprint density at radius 1 is 1.50 bits per heavy atom. The first-order valence-corrected chi connectivity index (χ1v) is 7.14. The largest absolute Gasteiger partial charge is 0.491 e. The van der Waals surface area contributed by atoms with Crippen LogP contribution in [0.5, 0.6) is 5.75 Å². The standard InChI is InChI=1S/C13H14N4O2S/c1-2-17-12(18)15-16-13(17)20-8-7-19-11-6-4-3-5-10(11)9-14/h3-6H,2,7-8H2,1H3,(H,15,18). The molecule has 2 aromatic rings. The van der Waals surface area contributed by atoms with Crippen LogP contribution in [-0.2, 0) is 6.54 Å². The topological polar surface area (TPSA) is 83.7 Å². The van der Waals surface area contributed by atoms with Crippen LogP contribution in [0.3, 0.4) is 0 Å². The predicted molar refractivity (Wildman–Crippen MR) is 75.9 cm³/mol. The van der Waals surface area contributed by atoms with Gasteiger partial charge in [-0.15, -0.1) is 5.10 Å². The Kier molecular flexibility index (Phi) is 4.85. The molecule has 0 fully saturated rings. The molecule has 7 heteroatoms. The van der Waals surface area contributed by atoms with E-state index in [1.807, 2.05) is 13.0 Å². The lowest BCUT2D eigenvalue weighted by molar-refractivity contribution is 0.343. The van der Waals surface area contributed by atoms with Gasteiger partial charge in [0.25, 0.3) is 0 Å². The zero-order valence-corrected chi connectivity index (χ0v) is 11.8. The Morgan fingerprint density at radius 2 is 2.30 bits per heavy atom. The Bertz CT molecular complexity index is 671. The summed E-state index contributed by atoms with van der Waals surface area (Å²) >= 11 is 1.44. The van der Waals surface area contributed by atoms with Crippen LogP contribution in [0.4, 0.5) is 0 Å². The minimum absolute atomic E-state index is 0.203. The molecule has 0 saturated heterocycles. The number of ether oxygens (including phenoxy) is 1. The van der Waals surface area contributed by atoms with Gasteiger partial charge >= 0.3 is 5.69 Å². The Morgan fingerprint density at radius 3 is 3.05 bits per heavy atom. The highest BCUT2D eigenvalue weighted by molar-refractivity contribution is 7.99. The summed E-state index contributed by atoms with van der Waals surface area (Å²) in [5.74, 6) is 1.22. The first kappa shape index (κ1) is 14.2. The molecule has 0 aliphatic carbocycles. The second-order valence-electron chi connectivity index (χ2n) is 3.86. The first-order chi connectivity index (χ1) is 9.76. The summed E-state index contributed by atoms with van der Waals surface area (Å²) in [4.78, 5) is 11.4. The molecule has 1 heterocycles. The van der Waals surface area contributed by atoms with Crippen molar-refractivity contribution in [2.75, 3.05) is 12.4 Å². The van der Waals surface area contributed by atoms with E-state index in [0.717, 1.165) is 0 Å². The summed E-state index contributed by atoms with van der Waals surface area (Å²) in [5.41, 5.74) is 0.313. The minimum atomic E-state index is -0.203. The number of H-pyrrole nitrogens is 1. The number of benzene rings is 1. The molecule has 1 N–H and O–H groups in total. The maximum atomic E-state index is 11.4. The molecule has 0 spiro atoms. The van der Waals surface area contributed by atoms with Crippen molar-refractivity contribution < 1.29 is 4.74 Å². The van der Waals surface area contributed by atoms with Gasteiger partial charge < -0.3 is 4.74 Å². The summed E-state index contributed by atoms with van der Waals surface area (Å²) in [6.45, 7) is 2.91. The molecule has 2 rings (SSSR count). The van der Waals surface area contributed by atoms with Crippen molar-refractivity contribution in [3.8, 4) is 11.8 Å². The molecule has 0 bridgehead atoms. The van der Waals surface area contributed by atoms with Crippen molar-refractivity contribution in [3.63, 3.8) is 0 Å². The third kappa shape index (κ3) is 3.22. The van der Waals surface area contributed by atoms with Crippen LogP contribution in [0.1, 0.15) is 12.5 Å². The van der Waals surface area contributed by atoms with Crippen LogP contribution in [-0.4, -0.2) is 27.1 Å². The molecule has 0 atom stereocenters. The smallest absolute Gasteiger partial charge is 0.343 e. The summed E-state index contributed by atoms with van der Waals surface area (Å²) < 4.78 is 7.12. The van der Waals surface area contributed by atoms with Crippen molar-refractivity contribution in [1.29, 1.82) is 5.26 Å². The second kappa shape index (κ2) is 6.82. The Balaban J connectivity index is 1.88. The van der Waals surface area contributed by atoms with Crippen LogP contribution in [0, 0.1) is 11.3 Å². The van der Waals surface area contributed by atoms with Crippen molar-refractivity contribution >= 4 is 11.8 Å². The van der Waals surface area contributed by atoms with Crippen LogP contribution < -0.4 is 10.4 Å². The highest BCUT2D eigenvalue weighted by Gasteiger charge is 2.07. The number of aromatic amines is 1. The van der Waals surface area contributed by atoms with E-state index in [9.17, 15) is 4.79 Å². The molecule has 0 amide bonds. The fraction of sp³-hybridized carbons (Fsp3) is 0.308. The first-order valence-electron chi connectivity index (χ1n) is 6.16. The monoisotopic (exact) mass is 290 g/mol. The quantitative estimate of drug-likeness (QED) is 0.646. The van der Waals surface area contributed by atoms with Gasteiger partial charge in [-0.05, 0) is 19.1 Å². The molecule has 6 nitrogen and oxygen atoms in total. The van der Waals surface area contributed by atoms with Crippen LogP contribution in [0.25, 0.3) is 0 Å². The van der Waals surface area contributed by atoms with Crippen LogP contribution >= 0.6 is 11.8 Å². The van der Waals surface area contributed by atoms with E-state index in [4.69, 9.17) is 10.00 Å². The van der Waals surface area contributed by atoms with Gasteiger partial charge in [-0.2, -0.15) is 5.26 Å². The third-order valence-corrected chi connectivity index (χ3v) is 3.56. The molecule has 1 aromatic carbocycles. The number of aromatic nitrogens is 3. The summed E-state index contributed by atoms with van der Waals surface area (Å²) in [5, 5.41) is 15.9. The number of nitriles is 1. The van der Waals surface area contributed by atoms with Gasteiger partial charge in [0.05, 0.1) is 12.2 Å². The van der Waals surface area contributed by atoms with E-state index in [1.165, 1.54) is 11.8 Å². The lowest BCUT2D eigenvalue weighted by Gasteiger charge is -2.07. The highest BCUT2D eigenvalue weighted by Crippen LogP contribution is 2.18. The molecule has 0 aliphatic rings.